The fourth-order valence-corrected chi connectivity index (χ4v) is 2.51. The molecule has 1 atom stereocenters. The first-order valence-corrected chi connectivity index (χ1v) is 7.67. The molecule has 2 amide bonds. The highest BCUT2D eigenvalue weighted by molar-refractivity contribution is 7.09. The molecule has 0 aliphatic carbocycles. The quantitative estimate of drug-likeness (QED) is 0.694. The van der Waals surface area contributed by atoms with Crippen LogP contribution in [0.25, 0.3) is 0 Å². The Kier molecular flexibility index (Phi) is 5.35. The van der Waals surface area contributed by atoms with Crippen molar-refractivity contribution < 1.29 is 19.1 Å². The molecule has 2 aromatic heterocycles. The summed E-state index contributed by atoms with van der Waals surface area (Å²) in [7, 11) is 0. The number of hydrogen-bond acceptors (Lipinski definition) is 5. The maximum absolute atomic E-state index is 11.7. The summed E-state index contributed by atoms with van der Waals surface area (Å²) in [6.45, 7) is 1.84. The minimum Gasteiger partial charge on any atom is -0.469 e. The molecule has 0 aliphatic rings. The van der Waals surface area contributed by atoms with E-state index in [1.165, 1.54) is 17.6 Å². The van der Waals surface area contributed by atoms with Crippen molar-refractivity contribution in [3.63, 3.8) is 0 Å². The van der Waals surface area contributed by atoms with Crippen molar-refractivity contribution >= 4 is 23.2 Å². The Bertz CT molecular complexity index is 606. The molecule has 0 aromatic carbocycles. The van der Waals surface area contributed by atoms with E-state index in [2.05, 4.69) is 10.6 Å². The molecule has 3 N–H and O–H groups in total. The molecule has 0 radical (unpaired) electrons. The molecule has 0 fully saturated rings. The van der Waals surface area contributed by atoms with Crippen LogP contribution >= 0.6 is 11.3 Å². The zero-order valence-electron chi connectivity index (χ0n) is 12.2. The third-order valence-corrected chi connectivity index (χ3v) is 3.85. The number of carbonyl (C=O) groups is 2. The van der Waals surface area contributed by atoms with Crippen LogP contribution < -0.4 is 10.6 Å². The van der Waals surface area contributed by atoms with E-state index in [0.717, 1.165) is 4.88 Å². The molecule has 2 aromatic rings. The largest absolute Gasteiger partial charge is 0.469 e. The predicted molar refractivity (Wildman–Crippen MR) is 82.2 cm³/mol. The molecule has 0 saturated carbocycles. The number of hydrogen-bond donors (Lipinski definition) is 3. The SMILES string of the molecule is CC(O)(CNC(=O)C(=O)NCc1cccs1)Cc1ccco1. The summed E-state index contributed by atoms with van der Waals surface area (Å²) in [6, 6.07) is 7.21. The molecule has 2 rings (SSSR count). The van der Waals surface area contributed by atoms with Crippen LogP contribution in [0.5, 0.6) is 0 Å². The first kappa shape index (κ1) is 16.3. The summed E-state index contributed by atoms with van der Waals surface area (Å²) in [6.07, 6.45) is 1.76. The fraction of sp³-hybridized carbons (Fsp3) is 0.333. The number of aliphatic hydroxyl groups is 1. The summed E-state index contributed by atoms with van der Waals surface area (Å²) in [5.74, 6) is -0.875. The monoisotopic (exact) mass is 322 g/mol. The fourth-order valence-electron chi connectivity index (χ4n) is 1.86. The van der Waals surface area contributed by atoms with Gasteiger partial charge in [0.2, 0.25) is 0 Å². The van der Waals surface area contributed by atoms with Gasteiger partial charge in [-0.2, -0.15) is 0 Å². The Balaban J connectivity index is 1.75. The summed E-state index contributed by atoms with van der Waals surface area (Å²) in [5, 5.41) is 17.0. The number of carbonyl (C=O) groups excluding carboxylic acids is 2. The molecule has 0 bridgehead atoms. The molecule has 1 unspecified atom stereocenters. The summed E-state index contributed by atoms with van der Waals surface area (Å²) >= 11 is 1.50. The number of rotatable bonds is 6. The third kappa shape index (κ3) is 5.01. The maximum atomic E-state index is 11.7. The molecular weight excluding hydrogens is 304 g/mol. The van der Waals surface area contributed by atoms with Crippen LogP contribution in [0.1, 0.15) is 17.6 Å². The van der Waals surface area contributed by atoms with Crippen molar-refractivity contribution in [3.8, 4) is 0 Å². The van der Waals surface area contributed by atoms with Crippen molar-refractivity contribution in [1.82, 2.24) is 10.6 Å². The molecule has 0 aliphatic heterocycles. The van der Waals surface area contributed by atoms with E-state index < -0.39 is 17.4 Å². The number of amides is 2. The lowest BCUT2D eigenvalue weighted by atomic mass is 10.0. The van der Waals surface area contributed by atoms with E-state index in [9.17, 15) is 14.7 Å². The first-order valence-electron chi connectivity index (χ1n) is 6.79. The molecule has 0 spiro atoms. The second-order valence-corrected chi connectivity index (χ2v) is 6.23. The van der Waals surface area contributed by atoms with Crippen LogP contribution in [0, 0.1) is 0 Å². The molecule has 6 nitrogen and oxygen atoms in total. The van der Waals surface area contributed by atoms with E-state index >= 15 is 0 Å². The van der Waals surface area contributed by atoms with Gasteiger partial charge in [0.05, 0.1) is 18.4 Å². The summed E-state index contributed by atoms with van der Waals surface area (Å²) < 4.78 is 5.15. The van der Waals surface area contributed by atoms with Crippen LogP contribution in [-0.4, -0.2) is 29.1 Å². The van der Waals surface area contributed by atoms with E-state index in [0.29, 0.717) is 12.3 Å². The van der Waals surface area contributed by atoms with Crippen molar-refractivity contribution in [2.45, 2.75) is 25.5 Å². The van der Waals surface area contributed by atoms with Gasteiger partial charge in [0.25, 0.3) is 0 Å². The standard InChI is InChI=1S/C15H18N2O4S/c1-15(20,8-11-4-2-6-21-11)10-17-14(19)13(18)16-9-12-5-3-7-22-12/h2-7,20H,8-10H2,1H3,(H,16,18)(H,17,19). The van der Waals surface area contributed by atoms with Gasteiger partial charge in [0.15, 0.2) is 0 Å². The second kappa shape index (κ2) is 7.24. The Morgan fingerprint density at radius 3 is 2.68 bits per heavy atom. The van der Waals surface area contributed by atoms with E-state index in [4.69, 9.17) is 4.42 Å². The zero-order chi connectivity index (χ0) is 16.0. The maximum Gasteiger partial charge on any atom is 0.309 e. The number of thiophene rings is 1. The Labute approximate surface area is 132 Å². The van der Waals surface area contributed by atoms with Crippen LogP contribution in [-0.2, 0) is 22.6 Å². The average Bonchev–Trinajstić information content (AvgIpc) is 3.15. The van der Waals surface area contributed by atoms with Gasteiger partial charge in [-0.1, -0.05) is 6.07 Å². The Morgan fingerprint density at radius 2 is 2.05 bits per heavy atom. The van der Waals surface area contributed by atoms with Gasteiger partial charge in [-0.3, -0.25) is 9.59 Å². The lowest BCUT2D eigenvalue weighted by molar-refractivity contribution is -0.139. The van der Waals surface area contributed by atoms with Crippen LogP contribution in [0.4, 0.5) is 0 Å². The molecule has 118 valence electrons. The normalized spacial score (nSPS) is 13.4. The molecular formula is C15H18N2O4S. The summed E-state index contributed by atoms with van der Waals surface area (Å²) in [4.78, 5) is 24.3. The van der Waals surface area contributed by atoms with Crippen molar-refractivity contribution in [3.05, 3.63) is 46.5 Å². The van der Waals surface area contributed by atoms with Gasteiger partial charge in [0.1, 0.15) is 5.76 Å². The van der Waals surface area contributed by atoms with Crippen LogP contribution in [0.15, 0.2) is 40.3 Å². The highest BCUT2D eigenvalue weighted by Gasteiger charge is 2.24. The minimum absolute atomic E-state index is 0.0427. The molecule has 7 heteroatoms. The number of furan rings is 1. The minimum atomic E-state index is -1.19. The smallest absolute Gasteiger partial charge is 0.309 e. The van der Waals surface area contributed by atoms with Gasteiger partial charge in [-0.15, -0.1) is 11.3 Å². The topological polar surface area (TPSA) is 91.6 Å². The highest BCUT2D eigenvalue weighted by atomic mass is 32.1. The van der Waals surface area contributed by atoms with E-state index in [-0.39, 0.29) is 13.0 Å². The molecule has 0 saturated heterocycles. The van der Waals surface area contributed by atoms with E-state index in [1.54, 1.807) is 19.1 Å². The Hall–Kier alpha value is -2.12. The lowest BCUT2D eigenvalue weighted by Gasteiger charge is -2.22. The predicted octanol–water partition coefficient (Wildman–Crippen LogP) is 1.07. The molecule has 2 heterocycles. The van der Waals surface area contributed by atoms with Crippen molar-refractivity contribution in [2.75, 3.05) is 6.54 Å². The van der Waals surface area contributed by atoms with E-state index in [1.807, 2.05) is 17.5 Å². The third-order valence-electron chi connectivity index (χ3n) is 2.97. The first-order chi connectivity index (χ1) is 10.5. The number of nitrogens with one attached hydrogen (secondary N) is 2. The van der Waals surface area contributed by atoms with Gasteiger partial charge < -0.3 is 20.2 Å². The molecule has 22 heavy (non-hydrogen) atoms. The average molecular weight is 322 g/mol. The van der Waals surface area contributed by atoms with Gasteiger partial charge in [-0.05, 0) is 30.5 Å². The summed E-state index contributed by atoms with van der Waals surface area (Å²) in [5.41, 5.74) is -1.19. The van der Waals surface area contributed by atoms with Crippen molar-refractivity contribution in [1.29, 1.82) is 0 Å². The van der Waals surface area contributed by atoms with Crippen LogP contribution in [0.2, 0.25) is 0 Å². The van der Waals surface area contributed by atoms with Crippen LogP contribution in [0.3, 0.4) is 0 Å². The van der Waals surface area contributed by atoms with Gasteiger partial charge in [0, 0.05) is 17.8 Å². The van der Waals surface area contributed by atoms with Gasteiger partial charge >= 0.3 is 11.8 Å². The lowest BCUT2D eigenvalue weighted by Crippen LogP contribution is -2.47. The Morgan fingerprint density at radius 1 is 1.27 bits per heavy atom. The second-order valence-electron chi connectivity index (χ2n) is 5.20. The van der Waals surface area contributed by atoms with Gasteiger partial charge in [-0.25, -0.2) is 0 Å². The zero-order valence-corrected chi connectivity index (χ0v) is 13.0. The highest BCUT2D eigenvalue weighted by Crippen LogP contribution is 2.12. The van der Waals surface area contributed by atoms with Crippen molar-refractivity contribution in [2.24, 2.45) is 0 Å².